The van der Waals surface area contributed by atoms with E-state index in [1.807, 2.05) is 5.38 Å². The lowest BCUT2D eigenvalue weighted by Gasteiger charge is -2.30. The molecule has 0 radical (unpaired) electrons. The van der Waals surface area contributed by atoms with E-state index in [4.69, 9.17) is 5.14 Å². The zero-order valence-corrected chi connectivity index (χ0v) is 16.3. The highest BCUT2D eigenvalue weighted by atomic mass is 32.2. The highest BCUT2D eigenvalue weighted by Crippen LogP contribution is 2.65. The van der Waals surface area contributed by atoms with Gasteiger partial charge in [-0.15, -0.1) is 24.5 Å². The minimum absolute atomic E-state index is 0.0494. The van der Waals surface area contributed by atoms with Crippen LogP contribution in [-0.4, -0.2) is 37.2 Å². The number of piperidine rings is 1. The molecule has 0 bridgehead atoms. The van der Waals surface area contributed by atoms with Crippen molar-refractivity contribution in [2.75, 3.05) is 13.1 Å². The number of aromatic nitrogens is 1. The lowest BCUT2D eigenvalue weighted by Crippen LogP contribution is -2.43. The molecular formula is C17H18F3N3O3S2. The second-order valence-electron chi connectivity index (χ2n) is 7.22. The highest BCUT2D eigenvalue weighted by Gasteiger charge is 2.57. The van der Waals surface area contributed by atoms with E-state index in [9.17, 15) is 21.6 Å². The maximum Gasteiger partial charge on any atom is 0.573 e. The molecule has 1 aliphatic carbocycles. The highest BCUT2D eigenvalue weighted by molar-refractivity contribution is 7.86. The molecule has 152 valence electrons. The van der Waals surface area contributed by atoms with Gasteiger partial charge >= 0.3 is 6.36 Å². The van der Waals surface area contributed by atoms with Crippen LogP contribution in [0, 0.1) is 5.41 Å². The van der Waals surface area contributed by atoms with Crippen molar-refractivity contribution in [3.8, 4) is 16.3 Å². The fourth-order valence-electron chi connectivity index (χ4n) is 3.91. The van der Waals surface area contributed by atoms with Crippen LogP contribution in [0.2, 0.25) is 0 Å². The van der Waals surface area contributed by atoms with Gasteiger partial charge < -0.3 is 4.74 Å². The Bertz CT molecular complexity index is 983. The first-order chi connectivity index (χ1) is 13.1. The molecule has 2 N–H and O–H groups in total. The van der Waals surface area contributed by atoms with Crippen LogP contribution in [0.3, 0.4) is 0 Å². The molecule has 0 amide bonds. The van der Waals surface area contributed by atoms with Gasteiger partial charge in [-0.2, -0.15) is 12.7 Å². The van der Waals surface area contributed by atoms with Crippen LogP contribution in [0.25, 0.3) is 10.6 Å². The predicted molar refractivity (Wildman–Crippen MR) is 97.9 cm³/mol. The molecule has 1 spiro atoms. The minimum atomic E-state index is -4.74. The van der Waals surface area contributed by atoms with Gasteiger partial charge in [-0.05, 0) is 36.8 Å². The van der Waals surface area contributed by atoms with Gasteiger partial charge in [0.2, 0.25) is 0 Å². The molecule has 2 aromatic rings. The quantitative estimate of drug-likeness (QED) is 0.800. The van der Waals surface area contributed by atoms with Gasteiger partial charge in [-0.25, -0.2) is 10.1 Å². The Balaban J connectivity index is 1.46. The minimum Gasteiger partial charge on any atom is -0.406 e. The Labute approximate surface area is 164 Å². The van der Waals surface area contributed by atoms with Gasteiger partial charge in [0, 0.05) is 30.0 Å². The van der Waals surface area contributed by atoms with Gasteiger partial charge in [-0.1, -0.05) is 12.1 Å². The predicted octanol–water partition coefficient (Wildman–Crippen LogP) is 3.48. The van der Waals surface area contributed by atoms with Crippen molar-refractivity contribution in [2.45, 2.75) is 31.5 Å². The fourth-order valence-corrected chi connectivity index (χ4v) is 5.47. The SMILES string of the molecule is NS(=O)(=O)N1CCC2(CC1)C[C@H]2c1csc(-c2cccc(OC(F)(F)F)c2)n1. The summed E-state index contributed by atoms with van der Waals surface area (Å²) in [7, 11) is -3.65. The van der Waals surface area contributed by atoms with Crippen LogP contribution >= 0.6 is 11.3 Å². The Morgan fingerprint density at radius 2 is 2.00 bits per heavy atom. The van der Waals surface area contributed by atoms with Crippen LogP contribution in [-0.2, 0) is 10.2 Å². The molecule has 4 rings (SSSR count). The van der Waals surface area contributed by atoms with Crippen molar-refractivity contribution < 1.29 is 26.3 Å². The summed E-state index contributed by atoms with van der Waals surface area (Å²) in [5, 5.41) is 7.75. The molecule has 28 heavy (non-hydrogen) atoms. The molecule has 6 nitrogen and oxygen atoms in total. The number of benzene rings is 1. The van der Waals surface area contributed by atoms with Gasteiger partial charge in [0.25, 0.3) is 10.2 Å². The van der Waals surface area contributed by atoms with Crippen LogP contribution in [0.5, 0.6) is 5.75 Å². The lowest BCUT2D eigenvalue weighted by atomic mass is 9.91. The zero-order chi connectivity index (χ0) is 20.2. The van der Waals surface area contributed by atoms with E-state index in [1.165, 1.54) is 33.8 Å². The standard InChI is InChI=1S/C17H18F3N3O3S2/c18-17(19,20)26-12-3-1-2-11(8-12)15-22-14(10-27-15)13-9-16(13)4-6-23(7-5-16)28(21,24)25/h1-3,8,10,13H,4-7,9H2,(H2,21,24,25)/t13-/m0/s1. The van der Waals surface area contributed by atoms with Gasteiger partial charge in [0.15, 0.2) is 0 Å². The summed E-state index contributed by atoms with van der Waals surface area (Å²) in [5.41, 5.74) is 1.52. The van der Waals surface area contributed by atoms with Crippen molar-refractivity contribution in [3.63, 3.8) is 0 Å². The molecule has 1 aromatic heterocycles. The third kappa shape index (κ3) is 4.02. The average Bonchev–Trinajstić information content (AvgIpc) is 3.06. The van der Waals surface area contributed by atoms with E-state index >= 15 is 0 Å². The summed E-state index contributed by atoms with van der Waals surface area (Å²) in [6.07, 6.45) is -2.34. The normalized spacial score (nSPS) is 22.4. The number of rotatable bonds is 4. The van der Waals surface area contributed by atoms with Crippen molar-refractivity contribution in [2.24, 2.45) is 10.6 Å². The van der Waals surface area contributed by atoms with Crippen molar-refractivity contribution >= 4 is 21.5 Å². The number of ether oxygens (including phenoxy) is 1. The molecule has 2 aliphatic rings. The summed E-state index contributed by atoms with van der Waals surface area (Å²) >= 11 is 1.38. The number of nitrogens with two attached hydrogens (primary N) is 1. The topological polar surface area (TPSA) is 85.5 Å². The van der Waals surface area contributed by atoms with E-state index in [-0.39, 0.29) is 17.1 Å². The van der Waals surface area contributed by atoms with E-state index in [0.717, 1.165) is 25.0 Å². The molecule has 0 unspecified atom stereocenters. The summed E-state index contributed by atoms with van der Waals surface area (Å²) in [6, 6.07) is 5.77. The maximum absolute atomic E-state index is 12.4. The van der Waals surface area contributed by atoms with Gasteiger partial charge in [0.1, 0.15) is 10.8 Å². The number of hydrogen-bond acceptors (Lipinski definition) is 5. The molecule has 1 saturated carbocycles. The van der Waals surface area contributed by atoms with E-state index in [2.05, 4.69) is 9.72 Å². The van der Waals surface area contributed by atoms with E-state index < -0.39 is 16.6 Å². The lowest BCUT2D eigenvalue weighted by molar-refractivity contribution is -0.274. The van der Waals surface area contributed by atoms with E-state index in [1.54, 1.807) is 6.07 Å². The summed E-state index contributed by atoms with van der Waals surface area (Å²) in [4.78, 5) is 4.62. The fraction of sp³-hybridized carbons (Fsp3) is 0.471. The number of halogens is 3. The Morgan fingerprint density at radius 3 is 2.64 bits per heavy atom. The molecule has 2 fully saturated rings. The molecular weight excluding hydrogens is 415 g/mol. The molecule has 1 saturated heterocycles. The van der Waals surface area contributed by atoms with Crippen molar-refractivity contribution in [1.82, 2.24) is 9.29 Å². The summed E-state index contributed by atoms with van der Waals surface area (Å²) in [5.74, 6) is -0.0326. The largest absolute Gasteiger partial charge is 0.573 e. The second kappa shape index (κ2) is 6.68. The number of hydrogen-bond donors (Lipinski definition) is 1. The van der Waals surface area contributed by atoms with Crippen LogP contribution in [0.4, 0.5) is 13.2 Å². The van der Waals surface area contributed by atoms with Crippen molar-refractivity contribution in [1.29, 1.82) is 0 Å². The first-order valence-electron chi connectivity index (χ1n) is 8.65. The molecule has 11 heteroatoms. The second-order valence-corrected chi connectivity index (χ2v) is 9.62. The zero-order valence-electron chi connectivity index (χ0n) is 14.6. The summed E-state index contributed by atoms with van der Waals surface area (Å²) in [6.45, 7) is 0.812. The van der Waals surface area contributed by atoms with Gasteiger partial charge in [0.05, 0.1) is 5.69 Å². The van der Waals surface area contributed by atoms with E-state index in [0.29, 0.717) is 23.7 Å². The number of thiazole rings is 1. The first kappa shape index (κ1) is 19.6. The first-order valence-corrected chi connectivity index (χ1v) is 11.0. The average molecular weight is 433 g/mol. The van der Waals surface area contributed by atoms with Gasteiger partial charge in [-0.3, -0.25) is 0 Å². The molecule has 1 atom stereocenters. The Kier molecular flexibility index (Phi) is 4.68. The monoisotopic (exact) mass is 433 g/mol. The molecule has 1 aromatic carbocycles. The third-order valence-electron chi connectivity index (χ3n) is 5.46. The molecule has 1 aliphatic heterocycles. The summed E-state index contributed by atoms with van der Waals surface area (Å²) < 4.78 is 65.4. The van der Waals surface area contributed by atoms with Crippen LogP contribution < -0.4 is 9.88 Å². The molecule has 2 heterocycles. The maximum atomic E-state index is 12.4. The third-order valence-corrected chi connectivity index (χ3v) is 7.46. The smallest absolute Gasteiger partial charge is 0.406 e. The van der Waals surface area contributed by atoms with Crippen LogP contribution in [0.15, 0.2) is 29.6 Å². The Morgan fingerprint density at radius 1 is 1.29 bits per heavy atom. The van der Waals surface area contributed by atoms with Crippen LogP contribution in [0.1, 0.15) is 30.9 Å². The van der Waals surface area contributed by atoms with Crippen molar-refractivity contribution in [3.05, 3.63) is 35.3 Å². The number of nitrogens with zero attached hydrogens (tertiary/aromatic N) is 2. The Hall–Kier alpha value is -1.69. The number of alkyl halides is 3.